The number of benzene rings is 1. The average Bonchev–Trinajstić information content (AvgIpc) is 2.99. The first-order valence-corrected chi connectivity index (χ1v) is 9.50. The fraction of sp³-hybridized carbons (Fsp3) is 0.476. The van der Waals surface area contributed by atoms with Crippen molar-refractivity contribution in [3.8, 4) is 17.2 Å². The molecule has 0 spiro atoms. The summed E-state index contributed by atoms with van der Waals surface area (Å²) < 4.78 is 15.7. The highest BCUT2D eigenvalue weighted by molar-refractivity contribution is 5.74. The van der Waals surface area contributed by atoms with Crippen molar-refractivity contribution in [2.24, 2.45) is 5.92 Å². The molecule has 0 bridgehead atoms. The Kier molecular flexibility index (Phi) is 4.71. The average molecular weight is 384 g/mol. The Bertz CT molecular complexity index is 906. The van der Waals surface area contributed by atoms with E-state index in [0.717, 1.165) is 43.6 Å². The summed E-state index contributed by atoms with van der Waals surface area (Å²) in [6.07, 6.45) is 1.57. The third-order valence-corrected chi connectivity index (χ3v) is 5.07. The molecule has 1 aromatic carbocycles. The Balaban J connectivity index is 1.40. The van der Waals surface area contributed by atoms with Crippen molar-refractivity contribution in [2.75, 3.05) is 13.1 Å². The van der Waals surface area contributed by atoms with Gasteiger partial charge in [-0.1, -0.05) is 18.2 Å². The van der Waals surface area contributed by atoms with Gasteiger partial charge in [-0.3, -0.25) is 14.5 Å². The molecule has 2 aliphatic rings. The van der Waals surface area contributed by atoms with Crippen molar-refractivity contribution in [3.05, 3.63) is 34.9 Å². The monoisotopic (exact) mass is 384 g/mol. The van der Waals surface area contributed by atoms with Gasteiger partial charge in [0.1, 0.15) is 5.60 Å². The summed E-state index contributed by atoms with van der Waals surface area (Å²) in [5, 5.41) is 3.85. The van der Waals surface area contributed by atoms with Gasteiger partial charge in [0.15, 0.2) is 5.76 Å². The van der Waals surface area contributed by atoms with Crippen molar-refractivity contribution < 1.29 is 23.6 Å². The lowest BCUT2D eigenvalue weighted by Crippen LogP contribution is -2.51. The van der Waals surface area contributed by atoms with Crippen LogP contribution in [0.4, 0.5) is 0 Å². The van der Waals surface area contributed by atoms with Crippen LogP contribution in [0, 0.1) is 5.92 Å². The summed E-state index contributed by atoms with van der Waals surface area (Å²) in [7, 11) is 0. The third-order valence-electron chi connectivity index (χ3n) is 5.07. The van der Waals surface area contributed by atoms with Gasteiger partial charge in [0.2, 0.25) is 0 Å². The molecular weight excluding hydrogens is 360 g/mol. The van der Waals surface area contributed by atoms with Gasteiger partial charge < -0.3 is 14.0 Å². The lowest BCUT2D eigenvalue weighted by Gasteiger charge is -2.39. The first kappa shape index (κ1) is 18.7. The van der Waals surface area contributed by atoms with E-state index in [4.69, 9.17) is 14.0 Å². The fourth-order valence-corrected chi connectivity index (χ4v) is 3.79. The maximum atomic E-state index is 12.1. The molecule has 0 atom stereocenters. The molecule has 0 unspecified atom stereocenters. The van der Waals surface area contributed by atoms with Gasteiger partial charge in [-0.25, -0.2) is 0 Å². The maximum Gasteiger partial charge on any atom is 0.312 e. The number of likely N-dealkylation sites (tertiary alicyclic amines) is 1. The van der Waals surface area contributed by atoms with E-state index >= 15 is 0 Å². The number of ether oxygens (including phenoxy) is 2. The van der Waals surface area contributed by atoms with Crippen LogP contribution in [-0.2, 0) is 33.7 Å². The van der Waals surface area contributed by atoms with Crippen LogP contribution in [0.1, 0.15) is 37.5 Å². The summed E-state index contributed by atoms with van der Waals surface area (Å²) >= 11 is 0. The van der Waals surface area contributed by atoms with E-state index in [2.05, 4.69) is 22.2 Å². The first-order valence-electron chi connectivity index (χ1n) is 9.50. The van der Waals surface area contributed by atoms with Crippen LogP contribution in [0.2, 0.25) is 0 Å². The number of hydrogen-bond acceptors (Lipinski definition) is 7. The van der Waals surface area contributed by atoms with E-state index in [9.17, 15) is 9.59 Å². The largest absolute Gasteiger partial charge is 0.460 e. The van der Waals surface area contributed by atoms with Crippen LogP contribution < -0.4 is 4.74 Å². The van der Waals surface area contributed by atoms with E-state index in [0.29, 0.717) is 12.2 Å². The van der Waals surface area contributed by atoms with Crippen molar-refractivity contribution in [2.45, 2.75) is 45.8 Å². The Labute approximate surface area is 163 Å². The zero-order valence-corrected chi connectivity index (χ0v) is 16.4. The number of nitrogens with zero attached hydrogens (tertiary/aromatic N) is 2. The number of rotatable bonds is 5. The summed E-state index contributed by atoms with van der Waals surface area (Å²) in [6.45, 7) is 8.30. The predicted molar refractivity (Wildman–Crippen MR) is 101 cm³/mol. The lowest BCUT2D eigenvalue weighted by atomic mass is 9.89. The predicted octanol–water partition coefficient (Wildman–Crippen LogP) is 2.75. The molecular formula is C21H24N2O5. The number of esters is 1. The minimum atomic E-state index is -0.438. The molecule has 7 heteroatoms. The molecule has 148 valence electrons. The zero-order chi connectivity index (χ0) is 19.9. The highest BCUT2D eigenvalue weighted by Crippen LogP contribution is 2.38. The number of aryl methyl sites for hydroxylation is 1. The molecule has 2 heterocycles. The van der Waals surface area contributed by atoms with Gasteiger partial charge in [-0.15, -0.1) is 0 Å². The summed E-state index contributed by atoms with van der Waals surface area (Å²) in [4.78, 5) is 24.9. The molecule has 0 radical (unpaired) electrons. The van der Waals surface area contributed by atoms with Gasteiger partial charge in [0.25, 0.3) is 12.4 Å². The molecule has 1 aromatic heterocycles. The van der Waals surface area contributed by atoms with Crippen LogP contribution in [0.3, 0.4) is 0 Å². The molecule has 1 aliphatic heterocycles. The number of hydrogen-bond donors (Lipinski definition) is 0. The normalized spacial score (nSPS) is 16.7. The molecule has 0 saturated carbocycles. The van der Waals surface area contributed by atoms with E-state index < -0.39 is 5.60 Å². The topological polar surface area (TPSA) is 81.9 Å². The van der Waals surface area contributed by atoms with Crippen LogP contribution >= 0.6 is 0 Å². The molecule has 4 rings (SSSR count). The Morgan fingerprint density at radius 1 is 1.32 bits per heavy atom. The minimum absolute atomic E-state index is 0.0372. The number of aromatic nitrogens is 1. The van der Waals surface area contributed by atoms with Crippen molar-refractivity contribution in [3.63, 3.8) is 0 Å². The quantitative estimate of drug-likeness (QED) is 0.579. The summed E-state index contributed by atoms with van der Waals surface area (Å²) in [6, 6.07) is 6.28. The summed E-state index contributed by atoms with van der Waals surface area (Å²) in [5.41, 5.74) is 3.80. The Morgan fingerprint density at radius 3 is 2.82 bits per heavy atom. The molecule has 1 aliphatic carbocycles. The van der Waals surface area contributed by atoms with Gasteiger partial charge in [0.05, 0.1) is 11.5 Å². The zero-order valence-electron chi connectivity index (χ0n) is 16.4. The molecule has 1 saturated heterocycles. The second-order valence-electron chi connectivity index (χ2n) is 8.43. The third kappa shape index (κ3) is 3.67. The molecule has 28 heavy (non-hydrogen) atoms. The van der Waals surface area contributed by atoms with Gasteiger partial charge in [-0.05, 0) is 49.9 Å². The second-order valence-corrected chi connectivity index (χ2v) is 8.43. The van der Waals surface area contributed by atoms with E-state index in [1.54, 1.807) is 0 Å². The van der Waals surface area contributed by atoms with Gasteiger partial charge in [0, 0.05) is 25.2 Å². The summed E-state index contributed by atoms with van der Waals surface area (Å²) in [5.74, 6) is 0.789. The number of carbonyl (C=O) groups excluding carboxylic acids is 2. The SMILES string of the molecule is CC(C)(C)OC(=O)C1CN(Cc2ccc3c(c2)CCc2c(OC=O)noc2-3)C1. The van der Waals surface area contributed by atoms with Crippen molar-refractivity contribution >= 4 is 12.4 Å². The van der Waals surface area contributed by atoms with E-state index in [1.165, 1.54) is 11.1 Å². The molecule has 1 fully saturated rings. The van der Waals surface area contributed by atoms with Crippen LogP contribution in [0.25, 0.3) is 11.3 Å². The van der Waals surface area contributed by atoms with E-state index in [1.807, 2.05) is 26.8 Å². The van der Waals surface area contributed by atoms with Crippen LogP contribution in [-0.4, -0.2) is 41.2 Å². The number of carbonyl (C=O) groups is 2. The molecule has 7 nitrogen and oxygen atoms in total. The standard InChI is InChI=1S/C21H24N2O5/c1-21(2,3)27-20(25)15-10-23(11-15)9-13-4-6-16-14(8-13)5-7-17-18(16)28-22-19(17)26-12-24/h4,6,8,12,15H,5,7,9-11H2,1-3H3. The minimum Gasteiger partial charge on any atom is -0.460 e. The highest BCUT2D eigenvalue weighted by Gasteiger charge is 2.35. The van der Waals surface area contributed by atoms with Crippen molar-refractivity contribution in [1.29, 1.82) is 0 Å². The van der Waals surface area contributed by atoms with Gasteiger partial charge >= 0.3 is 5.97 Å². The highest BCUT2D eigenvalue weighted by atomic mass is 16.6. The van der Waals surface area contributed by atoms with Crippen LogP contribution in [0.15, 0.2) is 22.7 Å². The van der Waals surface area contributed by atoms with Crippen LogP contribution in [0.5, 0.6) is 5.88 Å². The first-order chi connectivity index (χ1) is 13.3. The number of fused-ring (bicyclic) bond motifs is 3. The van der Waals surface area contributed by atoms with E-state index in [-0.39, 0.29) is 17.8 Å². The second kappa shape index (κ2) is 7.05. The smallest absolute Gasteiger partial charge is 0.312 e. The lowest BCUT2D eigenvalue weighted by molar-refractivity contribution is -0.166. The Hall–Kier alpha value is -2.67. The Morgan fingerprint density at radius 2 is 2.11 bits per heavy atom. The van der Waals surface area contributed by atoms with Gasteiger partial charge in [-0.2, -0.15) is 0 Å². The van der Waals surface area contributed by atoms with Crippen molar-refractivity contribution in [1.82, 2.24) is 10.1 Å². The molecule has 0 amide bonds. The maximum absolute atomic E-state index is 12.1. The molecule has 2 aromatic rings. The molecule has 0 N–H and O–H groups in total. The fourth-order valence-electron chi connectivity index (χ4n) is 3.79.